The summed E-state index contributed by atoms with van der Waals surface area (Å²) in [6.45, 7) is 2.69. The van der Waals surface area contributed by atoms with Crippen LogP contribution in [0.25, 0.3) is 10.4 Å². The Balaban J connectivity index is 1.77. The minimum Gasteiger partial charge on any atom is -0.370 e. The lowest BCUT2D eigenvalue weighted by Crippen LogP contribution is -2.33. The van der Waals surface area contributed by atoms with Crippen molar-refractivity contribution in [2.24, 2.45) is 5.11 Å². The number of unbranched alkanes of at least 4 members (excludes halogenated alkanes) is 9. The van der Waals surface area contributed by atoms with E-state index in [1.54, 1.807) is 7.11 Å². The maximum Gasteiger partial charge on any atom is 0.169 e. The predicted octanol–water partition coefficient (Wildman–Crippen LogP) is 7.10. The van der Waals surface area contributed by atoms with Gasteiger partial charge in [0, 0.05) is 12.0 Å². The summed E-state index contributed by atoms with van der Waals surface area (Å²) in [4.78, 5) is 2.98. The molecule has 2 unspecified atom stereocenters. The first kappa shape index (κ1) is 25.4. The van der Waals surface area contributed by atoms with Crippen molar-refractivity contribution in [3.8, 4) is 0 Å². The molecule has 6 heteroatoms. The summed E-state index contributed by atoms with van der Waals surface area (Å²) in [6.07, 6.45) is 15.9. The standard InChI is InChI=1S/C25H39N3O3/c1-3-4-5-6-7-8-9-10-11-12-16-19-22-24(23(27-28-26)25(29-2)31-22)30-20-21-17-14-13-15-18-21/h13-19,22-25H,3-12,20H2,1-2H3/b19-16-/t22?,23-,24?,25-/m0/s1. The van der Waals surface area contributed by atoms with Gasteiger partial charge < -0.3 is 14.2 Å². The number of methoxy groups -OCH3 is 1. The third-order valence-electron chi connectivity index (χ3n) is 5.73. The average molecular weight is 430 g/mol. The molecule has 1 aromatic rings. The van der Waals surface area contributed by atoms with Gasteiger partial charge in [0.1, 0.15) is 18.2 Å². The Morgan fingerprint density at radius 1 is 1.03 bits per heavy atom. The van der Waals surface area contributed by atoms with E-state index in [0.29, 0.717) is 6.61 Å². The third-order valence-corrected chi connectivity index (χ3v) is 5.73. The van der Waals surface area contributed by atoms with Crippen LogP contribution in [0.1, 0.15) is 76.7 Å². The molecule has 0 aliphatic carbocycles. The fourth-order valence-corrected chi connectivity index (χ4v) is 3.95. The summed E-state index contributed by atoms with van der Waals surface area (Å²) in [6, 6.07) is 9.46. The van der Waals surface area contributed by atoms with E-state index in [-0.39, 0.29) is 12.2 Å². The molecule has 0 saturated carbocycles. The summed E-state index contributed by atoms with van der Waals surface area (Å²) in [5, 5.41) is 3.90. The topological polar surface area (TPSA) is 76.5 Å². The fraction of sp³-hybridized carbons (Fsp3) is 0.680. The lowest BCUT2D eigenvalue weighted by Gasteiger charge is -2.19. The molecular formula is C25H39N3O3. The quantitative estimate of drug-likeness (QED) is 0.0924. The number of rotatable bonds is 16. The second kappa shape index (κ2) is 15.9. The SMILES string of the molecule is CCCCCCCCCCC/C=C\C1O[C@H](OC)[C@@H](N=[N+]=[N-])C1OCc1ccccc1. The molecule has 0 amide bonds. The van der Waals surface area contributed by atoms with Gasteiger partial charge in [-0.25, -0.2) is 0 Å². The van der Waals surface area contributed by atoms with Crippen molar-refractivity contribution in [1.29, 1.82) is 0 Å². The molecule has 1 aliphatic rings. The number of ether oxygens (including phenoxy) is 3. The molecule has 1 aliphatic heterocycles. The normalized spacial score (nSPS) is 23.3. The highest BCUT2D eigenvalue weighted by Crippen LogP contribution is 2.29. The van der Waals surface area contributed by atoms with Crippen LogP contribution in [0.15, 0.2) is 47.6 Å². The Labute approximate surface area is 187 Å². The van der Waals surface area contributed by atoms with E-state index in [4.69, 9.17) is 19.7 Å². The summed E-state index contributed by atoms with van der Waals surface area (Å²) < 4.78 is 17.5. The fourth-order valence-electron chi connectivity index (χ4n) is 3.95. The molecule has 2 rings (SSSR count). The molecular weight excluding hydrogens is 390 g/mol. The second-order valence-electron chi connectivity index (χ2n) is 8.21. The summed E-state index contributed by atoms with van der Waals surface area (Å²) in [5.41, 5.74) is 10.1. The van der Waals surface area contributed by atoms with E-state index in [9.17, 15) is 0 Å². The molecule has 1 saturated heterocycles. The van der Waals surface area contributed by atoms with Gasteiger partial charge in [0.15, 0.2) is 6.29 Å². The zero-order chi connectivity index (χ0) is 22.2. The van der Waals surface area contributed by atoms with Crippen LogP contribution in [0.4, 0.5) is 0 Å². The molecule has 6 nitrogen and oxygen atoms in total. The summed E-state index contributed by atoms with van der Waals surface area (Å²) >= 11 is 0. The highest BCUT2D eigenvalue weighted by molar-refractivity contribution is 5.14. The molecule has 0 spiro atoms. The number of azide groups is 1. The monoisotopic (exact) mass is 429 g/mol. The van der Waals surface area contributed by atoms with Crippen LogP contribution in [-0.4, -0.2) is 31.6 Å². The Morgan fingerprint density at radius 2 is 1.71 bits per heavy atom. The molecule has 0 bridgehead atoms. The predicted molar refractivity (Wildman–Crippen MR) is 125 cm³/mol. The molecule has 0 radical (unpaired) electrons. The van der Waals surface area contributed by atoms with Gasteiger partial charge in [-0.1, -0.05) is 106 Å². The zero-order valence-electron chi connectivity index (χ0n) is 19.2. The van der Waals surface area contributed by atoms with E-state index in [0.717, 1.165) is 12.0 Å². The van der Waals surface area contributed by atoms with Gasteiger partial charge in [-0.05, 0) is 23.9 Å². The van der Waals surface area contributed by atoms with Crippen LogP contribution in [0.2, 0.25) is 0 Å². The Hall–Kier alpha value is -1.85. The van der Waals surface area contributed by atoms with E-state index in [1.165, 1.54) is 57.8 Å². The van der Waals surface area contributed by atoms with Crippen LogP contribution < -0.4 is 0 Å². The van der Waals surface area contributed by atoms with E-state index in [1.807, 2.05) is 36.4 Å². The van der Waals surface area contributed by atoms with E-state index < -0.39 is 12.3 Å². The van der Waals surface area contributed by atoms with Crippen molar-refractivity contribution in [2.45, 2.75) is 102 Å². The van der Waals surface area contributed by atoms with Crippen molar-refractivity contribution >= 4 is 0 Å². The Morgan fingerprint density at radius 3 is 2.35 bits per heavy atom. The molecule has 4 atom stereocenters. The number of allylic oxidation sites excluding steroid dienone is 1. The molecule has 1 heterocycles. The first-order valence-electron chi connectivity index (χ1n) is 11.8. The highest BCUT2D eigenvalue weighted by Gasteiger charge is 2.44. The molecule has 1 fully saturated rings. The maximum absolute atomic E-state index is 8.98. The van der Waals surface area contributed by atoms with E-state index in [2.05, 4.69) is 23.0 Å². The van der Waals surface area contributed by atoms with E-state index >= 15 is 0 Å². The van der Waals surface area contributed by atoms with Crippen molar-refractivity contribution in [1.82, 2.24) is 0 Å². The van der Waals surface area contributed by atoms with Crippen molar-refractivity contribution < 1.29 is 14.2 Å². The average Bonchev–Trinajstić information content (AvgIpc) is 3.13. The minimum atomic E-state index is -0.598. The van der Waals surface area contributed by atoms with Crippen LogP contribution in [0.3, 0.4) is 0 Å². The van der Waals surface area contributed by atoms with Gasteiger partial charge in [-0.15, -0.1) is 0 Å². The maximum atomic E-state index is 8.98. The number of benzene rings is 1. The Bertz CT molecular complexity index is 661. The van der Waals surface area contributed by atoms with Gasteiger partial charge in [-0.2, -0.15) is 0 Å². The van der Waals surface area contributed by atoms with Crippen LogP contribution in [0, 0.1) is 0 Å². The first-order valence-corrected chi connectivity index (χ1v) is 11.8. The highest BCUT2D eigenvalue weighted by atomic mass is 16.7. The zero-order valence-corrected chi connectivity index (χ0v) is 19.2. The van der Waals surface area contributed by atoms with Crippen LogP contribution in [0.5, 0.6) is 0 Å². The Kier molecular flexibility index (Phi) is 13.0. The molecule has 31 heavy (non-hydrogen) atoms. The number of hydrogen-bond donors (Lipinski definition) is 0. The molecule has 1 aromatic carbocycles. The first-order chi connectivity index (χ1) is 15.3. The number of nitrogens with zero attached hydrogens (tertiary/aromatic N) is 3. The smallest absolute Gasteiger partial charge is 0.169 e. The van der Waals surface area contributed by atoms with Crippen LogP contribution in [-0.2, 0) is 20.8 Å². The molecule has 0 aromatic heterocycles. The van der Waals surface area contributed by atoms with Gasteiger partial charge >= 0.3 is 0 Å². The van der Waals surface area contributed by atoms with Gasteiger partial charge in [-0.3, -0.25) is 0 Å². The van der Waals surface area contributed by atoms with Crippen molar-refractivity contribution in [3.05, 3.63) is 58.5 Å². The van der Waals surface area contributed by atoms with Gasteiger partial charge in [0.2, 0.25) is 0 Å². The van der Waals surface area contributed by atoms with Crippen molar-refractivity contribution in [2.75, 3.05) is 7.11 Å². The van der Waals surface area contributed by atoms with Gasteiger partial charge in [0.05, 0.1) is 6.61 Å². The minimum absolute atomic E-state index is 0.289. The largest absolute Gasteiger partial charge is 0.370 e. The second-order valence-corrected chi connectivity index (χ2v) is 8.21. The lowest BCUT2D eigenvalue weighted by molar-refractivity contribution is -0.111. The third kappa shape index (κ3) is 9.44. The lowest BCUT2D eigenvalue weighted by atomic mass is 10.1. The van der Waals surface area contributed by atoms with Crippen molar-refractivity contribution in [3.63, 3.8) is 0 Å². The summed E-state index contributed by atoms with van der Waals surface area (Å²) in [5.74, 6) is 0. The molecule has 0 N–H and O–H groups in total. The molecule has 172 valence electrons. The van der Waals surface area contributed by atoms with Crippen LogP contribution >= 0.6 is 0 Å². The van der Waals surface area contributed by atoms with Gasteiger partial charge in [0.25, 0.3) is 0 Å². The number of hydrogen-bond acceptors (Lipinski definition) is 4. The summed E-state index contributed by atoms with van der Waals surface area (Å²) in [7, 11) is 1.56.